The molecule has 3 rings (SSSR count). The van der Waals surface area contributed by atoms with Crippen molar-refractivity contribution in [3.8, 4) is 5.75 Å². The zero-order chi connectivity index (χ0) is 17.2. The first-order valence-electron chi connectivity index (χ1n) is 9.34. The van der Waals surface area contributed by atoms with Crippen molar-refractivity contribution >= 4 is 5.97 Å². The second kappa shape index (κ2) is 7.16. The van der Waals surface area contributed by atoms with E-state index in [9.17, 15) is 4.79 Å². The molecule has 0 saturated heterocycles. The Balaban J connectivity index is 1.59. The molecule has 0 aromatic heterocycles. The minimum Gasteiger partial charge on any atom is -0.457 e. The molecule has 2 aliphatic carbocycles. The number of hydrogen-bond acceptors (Lipinski definition) is 3. The Morgan fingerprint density at radius 1 is 1.17 bits per heavy atom. The Hall–Kier alpha value is -1.51. The van der Waals surface area contributed by atoms with E-state index < -0.39 is 0 Å². The van der Waals surface area contributed by atoms with Gasteiger partial charge in [-0.2, -0.15) is 0 Å². The lowest BCUT2D eigenvalue weighted by molar-refractivity contribution is -0.152. The molecule has 0 N–H and O–H groups in total. The summed E-state index contributed by atoms with van der Waals surface area (Å²) in [5.41, 5.74) is 2.90. The fraction of sp³-hybridized carbons (Fsp3) is 0.667. The molecule has 0 spiro atoms. The largest absolute Gasteiger partial charge is 0.457 e. The van der Waals surface area contributed by atoms with Crippen LogP contribution in [0.3, 0.4) is 0 Å². The number of carbonyl (C=O) groups excluding carboxylic acids is 1. The fourth-order valence-corrected chi connectivity index (χ4v) is 4.19. The van der Waals surface area contributed by atoms with E-state index in [1.54, 1.807) is 0 Å². The SMILES string of the molecule is CC(C)(C)CC(=O)OCOc1ccc2c(c1)C1CCCCC1CC2. The molecule has 1 aromatic carbocycles. The van der Waals surface area contributed by atoms with Crippen LogP contribution in [0.4, 0.5) is 0 Å². The second-order valence-electron chi connectivity index (χ2n) is 8.57. The third-order valence-electron chi connectivity index (χ3n) is 5.33. The van der Waals surface area contributed by atoms with Gasteiger partial charge in [-0.3, -0.25) is 4.79 Å². The first kappa shape index (κ1) is 17.3. The Morgan fingerprint density at radius 2 is 1.96 bits per heavy atom. The van der Waals surface area contributed by atoms with Crippen LogP contribution in [-0.2, 0) is 16.0 Å². The molecular weight excluding hydrogens is 300 g/mol. The van der Waals surface area contributed by atoms with Crippen LogP contribution in [0.5, 0.6) is 5.75 Å². The number of fused-ring (bicyclic) bond motifs is 3. The number of ether oxygens (including phenoxy) is 2. The topological polar surface area (TPSA) is 35.5 Å². The number of hydrogen-bond donors (Lipinski definition) is 0. The van der Waals surface area contributed by atoms with Crippen molar-refractivity contribution in [1.82, 2.24) is 0 Å². The first-order chi connectivity index (χ1) is 11.4. The maximum absolute atomic E-state index is 11.8. The summed E-state index contributed by atoms with van der Waals surface area (Å²) < 4.78 is 10.9. The summed E-state index contributed by atoms with van der Waals surface area (Å²) in [6.07, 6.45) is 8.35. The minimum absolute atomic E-state index is 0.00178. The molecule has 3 nitrogen and oxygen atoms in total. The Morgan fingerprint density at radius 3 is 2.75 bits per heavy atom. The van der Waals surface area contributed by atoms with Gasteiger partial charge in [0.15, 0.2) is 0 Å². The molecule has 24 heavy (non-hydrogen) atoms. The van der Waals surface area contributed by atoms with E-state index in [1.165, 1.54) is 49.7 Å². The van der Waals surface area contributed by atoms with Gasteiger partial charge in [-0.1, -0.05) is 39.7 Å². The van der Waals surface area contributed by atoms with Gasteiger partial charge in [-0.05, 0) is 66.2 Å². The predicted molar refractivity (Wildman–Crippen MR) is 95.1 cm³/mol. The number of benzene rings is 1. The molecule has 2 atom stereocenters. The lowest BCUT2D eigenvalue weighted by Gasteiger charge is -2.37. The molecule has 2 unspecified atom stereocenters. The van der Waals surface area contributed by atoms with Gasteiger partial charge in [-0.15, -0.1) is 0 Å². The number of carbonyl (C=O) groups is 1. The molecule has 3 heteroatoms. The zero-order valence-electron chi connectivity index (χ0n) is 15.3. The quantitative estimate of drug-likeness (QED) is 0.560. The summed E-state index contributed by atoms with van der Waals surface area (Å²) in [4.78, 5) is 11.8. The van der Waals surface area contributed by atoms with Crippen molar-refractivity contribution in [3.63, 3.8) is 0 Å². The molecule has 0 bridgehead atoms. The normalized spacial score (nSPS) is 23.1. The molecular formula is C21H30O3. The minimum atomic E-state index is -0.201. The van der Waals surface area contributed by atoms with Gasteiger partial charge in [0.1, 0.15) is 5.75 Å². The highest BCUT2D eigenvalue weighted by Crippen LogP contribution is 2.45. The monoisotopic (exact) mass is 330 g/mol. The lowest BCUT2D eigenvalue weighted by atomic mass is 9.68. The van der Waals surface area contributed by atoms with Crippen molar-refractivity contribution in [2.75, 3.05) is 6.79 Å². The maximum Gasteiger partial charge on any atom is 0.309 e. The third kappa shape index (κ3) is 4.31. The van der Waals surface area contributed by atoms with Crippen molar-refractivity contribution in [2.24, 2.45) is 11.3 Å². The highest BCUT2D eigenvalue weighted by Gasteiger charge is 2.31. The fourth-order valence-electron chi connectivity index (χ4n) is 4.19. The average Bonchev–Trinajstić information content (AvgIpc) is 2.53. The van der Waals surface area contributed by atoms with Crippen LogP contribution in [0.2, 0.25) is 0 Å². The van der Waals surface area contributed by atoms with E-state index in [-0.39, 0.29) is 18.2 Å². The van der Waals surface area contributed by atoms with Crippen LogP contribution in [0, 0.1) is 11.3 Å². The maximum atomic E-state index is 11.8. The summed E-state index contributed by atoms with van der Waals surface area (Å²) >= 11 is 0. The summed E-state index contributed by atoms with van der Waals surface area (Å²) in [6.45, 7) is 6.08. The van der Waals surface area contributed by atoms with Crippen molar-refractivity contribution in [1.29, 1.82) is 0 Å². The van der Waals surface area contributed by atoms with Gasteiger partial charge in [-0.25, -0.2) is 0 Å². The van der Waals surface area contributed by atoms with Gasteiger partial charge in [0.2, 0.25) is 6.79 Å². The zero-order valence-corrected chi connectivity index (χ0v) is 15.3. The van der Waals surface area contributed by atoms with Crippen LogP contribution < -0.4 is 4.74 Å². The number of rotatable bonds is 4. The van der Waals surface area contributed by atoms with Crippen molar-refractivity contribution in [3.05, 3.63) is 29.3 Å². The van der Waals surface area contributed by atoms with E-state index in [1.807, 2.05) is 26.8 Å². The summed E-state index contributed by atoms with van der Waals surface area (Å²) in [5.74, 6) is 2.18. The summed E-state index contributed by atoms with van der Waals surface area (Å²) in [7, 11) is 0. The smallest absolute Gasteiger partial charge is 0.309 e. The third-order valence-corrected chi connectivity index (χ3v) is 5.33. The molecule has 0 heterocycles. The molecule has 132 valence electrons. The van der Waals surface area contributed by atoms with Crippen LogP contribution in [0.25, 0.3) is 0 Å². The Bertz CT molecular complexity index is 585. The highest BCUT2D eigenvalue weighted by molar-refractivity contribution is 5.70. The van der Waals surface area contributed by atoms with Gasteiger partial charge >= 0.3 is 5.97 Å². The number of esters is 1. The van der Waals surface area contributed by atoms with Crippen LogP contribution in [0.1, 0.15) is 76.3 Å². The van der Waals surface area contributed by atoms with Crippen LogP contribution >= 0.6 is 0 Å². The summed E-state index contributed by atoms with van der Waals surface area (Å²) in [5, 5.41) is 0. The first-order valence-corrected chi connectivity index (χ1v) is 9.34. The Kier molecular flexibility index (Phi) is 5.17. The van der Waals surface area contributed by atoms with E-state index in [4.69, 9.17) is 9.47 Å². The molecule has 0 amide bonds. The summed E-state index contributed by atoms with van der Waals surface area (Å²) in [6, 6.07) is 6.40. The molecule has 2 aliphatic rings. The van der Waals surface area contributed by atoms with E-state index in [2.05, 4.69) is 12.1 Å². The molecule has 1 saturated carbocycles. The van der Waals surface area contributed by atoms with E-state index in [0.29, 0.717) is 12.3 Å². The van der Waals surface area contributed by atoms with Gasteiger partial charge in [0.05, 0.1) is 6.42 Å². The van der Waals surface area contributed by atoms with Gasteiger partial charge in [0, 0.05) is 0 Å². The van der Waals surface area contributed by atoms with Crippen LogP contribution in [-0.4, -0.2) is 12.8 Å². The molecule has 0 radical (unpaired) electrons. The molecule has 0 aliphatic heterocycles. The highest BCUT2D eigenvalue weighted by atomic mass is 16.7. The predicted octanol–water partition coefficient (Wildman–Crippen LogP) is 5.22. The molecule has 1 fully saturated rings. The van der Waals surface area contributed by atoms with Crippen molar-refractivity contribution in [2.45, 2.75) is 71.6 Å². The van der Waals surface area contributed by atoms with Crippen LogP contribution in [0.15, 0.2) is 18.2 Å². The van der Waals surface area contributed by atoms with E-state index >= 15 is 0 Å². The number of aryl methyl sites for hydroxylation is 1. The standard InChI is InChI=1S/C21H30O3/c1-21(2,3)13-20(22)24-14-23-17-11-10-16-9-8-15-6-4-5-7-18(15)19(16)12-17/h10-12,15,18H,4-9,13-14H2,1-3H3. The van der Waals surface area contributed by atoms with Gasteiger partial charge in [0.25, 0.3) is 0 Å². The second-order valence-corrected chi connectivity index (χ2v) is 8.57. The lowest BCUT2D eigenvalue weighted by Crippen LogP contribution is -2.24. The van der Waals surface area contributed by atoms with E-state index in [0.717, 1.165) is 11.7 Å². The Labute approximate surface area is 145 Å². The molecule has 1 aromatic rings. The van der Waals surface area contributed by atoms with Crippen molar-refractivity contribution < 1.29 is 14.3 Å². The average molecular weight is 330 g/mol. The van der Waals surface area contributed by atoms with Gasteiger partial charge < -0.3 is 9.47 Å².